The van der Waals surface area contributed by atoms with Gasteiger partial charge in [-0.25, -0.2) is 0 Å². The lowest BCUT2D eigenvalue weighted by atomic mass is 10.1. The molecule has 126 valence electrons. The van der Waals surface area contributed by atoms with Crippen molar-refractivity contribution in [1.82, 2.24) is 0 Å². The molecule has 0 saturated carbocycles. The third-order valence-electron chi connectivity index (χ3n) is 3.99. The molecule has 1 heterocycles. The standard InChI is InChI=1S/C18H13Cl2N3O2/c19-13-2-5-15(6-3-13)23-10-12(7-17(23)24)18(25)22-14-4-1-11(9-21)16(20)8-14/h1-6,8,12H,7,10H2,(H,22,25)/t12-/m1/s1. The van der Waals surface area contributed by atoms with Crippen LogP contribution in [0.1, 0.15) is 12.0 Å². The van der Waals surface area contributed by atoms with Crippen LogP contribution in [0.2, 0.25) is 10.0 Å². The van der Waals surface area contributed by atoms with Crippen molar-refractivity contribution in [3.05, 3.63) is 58.1 Å². The fourth-order valence-electron chi connectivity index (χ4n) is 2.68. The molecule has 2 aromatic carbocycles. The van der Waals surface area contributed by atoms with Crippen molar-refractivity contribution in [2.24, 2.45) is 5.92 Å². The van der Waals surface area contributed by atoms with Crippen molar-refractivity contribution < 1.29 is 9.59 Å². The number of nitrogens with one attached hydrogen (secondary N) is 1. The van der Waals surface area contributed by atoms with Crippen molar-refractivity contribution in [1.29, 1.82) is 5.26 Å². The van der Waals surface area contributed by atoms with Crippen molar-refractivity contribution in [3.63, 3.8) is 0 Å². The quantitative estimate of drug-likeness (QED) is 0.887. The number of carbonyl (C=O) groups excluding carboxylic acids is 2. The van der Waals surface area contributed by atoms with Gasteiger partial charge in [-0.3, -0.25) is 9.59 Å². The third kappa shape index (κ3) is 3.76. The highest BCUT2D eigenvalue weighted by molar-refractivity contribution is 6.32. The Bertz CT molecular complexity index is 875. The van der Waals surface area contributed by atoms with E-state index in [4.69, 9.17) is 28.5 Å². The monoisotopic (exact) mass is 373 g/mol. The van der Waals surface area contributed by atoms with Crippen LogP contribution in [0.25, 0.3) is 0 Å². The average Bonchev–Trinajstić information content (AvgIpc) is 2.98. The molecule has 0 unspecified atom stereocenters. The largest absolute Gasteiger partial charge is 0.326 e. The number of hydrogen-bond acceptors (Lipinski definition) is 3. The van der Waals surface area contributed by atoms with E-state index in [1.807, 2.05) is 6.07 Å². The van der Waals surface area contributed by atoms with Gasteiger partial charge in [-0.15, -0.1) is 0 Å². The lowest BCUT2D eigenvalue weighted by molar-refractivity contribution is -0.122. The van der Waals surface area contributed by atoms with Gasteiger partial charge in [-0.05, 0) is 42.5 Å². The first-order valence-electron chi connectivity index (χ1n) is 7.54. The number of halogens is 2. The van der Waals surface area contributed by atoms with Crippen LogP contribution in [0.5, 0.6) is 0 Å². The van der Waals surface area contributed by atoms with Gasteiger partial charge in [0.2, 0.25) is 11.8 Å². The summed E-state index contributed by atoms with van der Waals surface area (Å²) < 4.78 is 0. The van der Waals surface area contributed by atoms with E-state index in [0.29, 0.717) is 28.5 Å². The van der Waals surface area contributed by atoms with E-state index in [2.05, 4.69) is 5.32 Å². The van der Waals surface area contributed by atoms with Crippen LogP contribution in [0.3, 0.4) is 0 Å². The van der Waals surface area contributed by atoms with Gasteiger partial charge in [0.15, 0.2) is 0 Å². The molecule has 0 aliphatic carbocycles. The van der Waals surface area contributed by atoms with Gasteiger partial charge in [-0.2, -0.15) is 5.26 Å². The first-order valence-corrected chi connectivity index (χ1v) is 8.30. The van der Waals surface area contributed by atoms with Gasteiger partial charge in [-0.1, -0.05) is 23.2 Å². The number of nitrogens with zero attached hydrogens (tertiary/aromatic N) is 2. The number of rotatable bonds is 3. The first kappa shape index (κ1) is 17.3. The van der Waals surface area contributed by atoms with Gasteiger partial charge in [0.05, 0.1) is 16.5 Å². The van der Waals surface area contributed by atoms with E-state index in [0.717, 1.165) is 0 Å². The van der Waals surface area contributed by atoms with Gasteiger partial charge in [0, 0.05) is 29.4 Å². The van der Waals surface area contributed by atoms with Crippen molar-refractivity contribution in [2.75, 3.05) is 16.8 Å². The summed E-state index contributed by atoms with van der Waals surface area (Å²) in [6, 6.07) is 13.5. The lowest BCUT2D eigenvalue weighted by Crippen LogP contribution is -2.28. The molecule has 5 nitrogen and oxygen atoms in total. The summed E-state index contributed by atoms with van der Waals surface area (Å²) in [5, 5.41) is 12.5. The van der Waals surface area contributed by atoms with E-state index < -0.39 is 5.92 Å². The minimum atomic E-state index is -0.461. The van der Waals surface area contributed by atoms with E-state index in [-0.39, 0.29) is 23.3 Å². The highest BCUT2D eigenvalue weighted by atomic mass is 35.5. The molecule has 3 rings (SSSR count). The Morgan fingerprint density at radius 1 is 1.20 bits per heavy atom. The van der Waals surface area contributed by atoms with Crippen molar-refractivity contribution >= 4 is 46.4 Å². The Morgan fingerprint density at radius 3 is 2.56 bits per heavy atom. The van der Waals surface area contributed by atoms with Gasteiger partial charge >= 0.3 is 0 Å². The van der Waals surface area contributed by atoms with Crippen molar-refractivity contribution in [3.8, 4) is 6.07 Å². The Hall–Kier alpha value is -2.55. The maximum atomic E-state index is 12.4. The summed E-state index contributed by atoms with van der Waals surface area (Å²) in [7, 11) is 0. The zero-order chi connectivity index (χ0) is 18.0. The van der Waals surface area contributed by atoms with E-state index in [9.17, 15) is 9.59 Å². The molecule has 2 aromatic rings. The second kappa shape index (κ2) is 7.14. The number of benzene rings is 2. The van der Waals surface area contributed by atoms with Crippen LogP contribution < -0.4 is 10.2 Å². The first-order chi connectivity index (χ1) is 12.0. The Labute approximate surface area is 154 Å². The number of amides is 2. The molecule has 25 heavy (non-hydrogen) atoms. The normalized spacial score (nSPS) is 16.6. The smallest absolute Gasteiger partial charge is 0.229 e. The highest BCUT2D eigenvalue weighted by Crippen LogP contribution is 2.27. The molecule has 0 bridgehead atoms. The number of carbonyl (C=O) groups is 2. The SMILES string of the molecule is N#Cc1ccc(NC(=O)[C@@H]2CC(=O)N(c3ccc(Cl)cc3)C2)cc1Cl. The van der Waals surface area contributed by atoms with Crippen LogP contribution in [-0.2, 0) is 9.59 Å². The van der Waals surface area contributed by atoms with E-state index in [1.54, 1.807) is 35.2 Å². The summed E-state index contributed by atoms with van der Waals surface area (Å²) in [6.07, 6.45) is 0.137. The summed E-state index contributed by atoms with van der Waals surface area (Å²) in [6.45, 7) is 0.302. The summed E-state index contributed by atoms with van der Waals surface area (Å²) in [5.41, 5.74) is 1.54. The summed E-state index contributed by atoms with van der Waals surface area (Å²) in [4.78, 5) is 26.2. The molecule has 0 radical (unpaired) electrons. The molecule has 0 spiro atoms. The van der Waals surface area contributed by atoms with Crippen LogP contribution in [0, 0.1) is 17.2 Å². The molecular formula is C18H13Cl2N3O2. The Balaban J connectivity index is 1.69. The number of hydrogen-bond donors (Lipinski definition) is 1. The maximum absolute atomic E-state index is 12.4. The lowest BCUT2D eigenvalue weighted by Gasteiger charge is -2.16. The molecule has 7 heteroatoms. The van der Waals surface area contributed by atoms with Crippen LogP contribution in [0.4, 0.5) is 11.4 Å². The Kier molecular flexibility index (Phi) is 4.93. The van der Waals surface area contributed by atoms with Crippen LogP contribution in [0.15, 0.2) is 42.5 Å². The summed E-state index contributed by atoms with van der Waals surface area (Å²) >= 11 is 11.8. The van der Waals surface area contributed by atoms with Crippen molar-refractivity contribution in [2.45, 2.75) is 6.42 Å². The molecule has 1 aliphatic heterocycles. The predicted octanol–water partition coefficient (Wildman–Crippen LogP) is 3.86. The Morgan fingerprint density at radius 2 is 1.92 bits per heavy atom. The fraction of sp³-hybridized carbons (Fsp3) is 0.167. The molecule has 1 aliphatic rings. The maximum Gasteiger partial charge on any atom is 0.229 e. The minimum absolute atomic E-state index is 0.111. The zero-order valence-electron chi connectivity index (χ0n) is 13.0. The molecule has 1 saturated heterocycles. The highest BCUT2D eigenvalue weighted by Gasteiger charge is 2.35. The van der Waals surface area contributed by atoms with E-state index in [1.165, 1.54) is 12.1 Å². The molecular weight excluding hydrogens is 361 g/mol. The van der Waals surface area contributed by atoms with Gasteiger partial charge in [0.1, 0.15) is 6.07 Å². The number of nitriles is 1. The average molecular weight is 374 g/mol. The predicted molar refractivity (Wildman–Crippen MR) is 96.7 cm³/mol. The van der Waals surface area contributed by atoms with E-state index >= 15 is 0 Å². The minimum Gasteiger partial charge on any atom is -0.326 e. The molecule has 2 amide bonds. The molecule has 1 atom stereocenters. The molecule has 1 fully saturated rings. The van der Waals surface area contributed by atoms with Crippen LogP contribution in [-0.4, -0.2) is 18.4 Å². The topological polar surface area (TPSA) is 73.2 Å². The second-order valence-corrected chi connectivity index (χ2v) is 6.52. The third-order valence-corrected chi connectivity index (χ3v) is 4.56. The zero-order valence-corrected chi connectivity index (χ0v) is 14.5. The fourth-order valence-corrected chi connectivity index (χ4v) is 3.03. The van der Waals surface area contributed by atoms with Crippen LogP contribution >= 0.6 is 23.2 Å². The second-order valence-electron chi connectivity index (χ2n) is 5.68. The number of anilines is 2. The van der Waals surface area contributed by atoms with Gasteiger partial charge < -0.3 is 10.2 Å². The summed E-state index contributed by atoms with van der Waals surface area (Å²) in [5.74, 6) is -0.830. The molecule has 0 aromatic heterocycles. The molecule has 1 N–H and O–H groups in total. The van der Waals surface area contributed by atoms with Gasteiger partial charge in [0.25, 0.3) is 0 Å².